The van der Waals surface area contributed by atoms with Crippen LogP contribution in [0.5, 0.6) is 0 Å². The monoisotopic (exact) mass is 264 g/mol. The number of nitrogen functional groups attached to an aromatic ring is 1. The molecule has 0 spiro atoms. The molecule has 0 aliphatic carbocycles. The zero-order valence-corrected chi connectivity index (χ0v) is 11.2. The van der Waals surface area contributed by atoms with Gasteiger partial charge in [-0.1, -0.05) is 12.1 Å². The van der Waals surface area contributed by atoms with Gasteiger partial charge in [0.15, 0.2) is 0 Å². The lowest BCUT2D eigenvalue weighted by Crippen LogP contribution is -2.09. The molecule has 1 atom stereocenters. The number of nitrogens with zero attached hydrogens (tertiary/aromatic N) is 2. The van der Waals surface area contributed by atoms with Crippen LogP contribution >= 0.6 is 0 Å². The Morgan fingerprint density at radius 3 is 2.80 bits per heavy atom. The second-order valence-corrected chi connectivity index (χ2v) is 4.74. The lowest BCUT2D eigenvalue weighted by Gasteiger charge is -2.17. The van der Waals surface area contributed by atoms with E-state index >= 15 is 0 Å². The lowest BCUT2D eigenvalue weighted by molar-refractivity contribution is 0.840. The fourth-order valence-corrected chi connectivity index (χ4v) is 2.26. The van der Waals surface area contributed by atoms with Gasteiger partial charge in [-0.25, -0.2) is 0 Å². The minimum absolute atomic E-state index is 0.0952. The predicted molar refractivity (Wildman–Crippen MR) is 82.4 cm³/mol. The Morgan fingerprint density at radius 1 is 1.10 bits per heavy atom. The topological polar surface area (TPSA) is 63.8 Å². The highest BCUT2D eigenvalue weighted by molar-refractivity contribution is 5.98. The Kier molecular flexibility index (Phi) is 3.21. The van der Waals surface area contributed by atoms with Crippen molar-refractivity contribution in [3.63, 3.8) is 0 Å². The molecule has 3 rings (SSSR count). The maximum absolute atomic E-state index is 6.23. The first-order chi connectivity index (χ1) is 9.75. The van der Waals surface area contributed by atoms with Gasteiger partial charge in [0, 0.05) is 29.4 Å². The SMILES string of the molecule is CC(Nc1ccc2cnccc2c1N)c1ccccn1. The van der Waals surface area contributed by atoms with Crippen LogP contribution in [0.1, 0.15) is 18.7 Å². The van der Waals surface area contributed by atoms with E-state index in [0.717, 1.165) is 27.8 Å². The van der Waals surface area contributed by atoms with E-state index in [9.17, 15) is 0 Å². The van der Waals surface area contributed by atoms with Gasteiger partial charge in [-0.15, -0.1) is 0 Å². The highest BCUT2D eigenvalue weighted by Crippen LogP contribution is 2.30. The first kappa shape index (κ1) is 12.4. The van der Waals surface area contributed by atoms with E-state index < -0.39 is 0 Å². The normalized spacial score (nSPS) is 12.2. The van der Waals surface area contributed by atoms with Crippen LogP contribution in [0, 0.1) is 0 Å². The summed E-state index contributed by atoms with van der Waals surface area (Å²) in [4.78, 5) is 8.46. The van der Waals surface area contributed by atoms with E-state index in [1.54, 1.807) is 12.4 Å². The molecule has 0 saturated heterocycles. The van der Waals surface area contributed by atoms with Gasteiger partial charge in [-0.3, -0.25) is 9.97 Å². The number of nitrogens with two attached hydrogens (primary N) is 1. The van der Waals surface area contributed by atoms with Gasteiger partial charge in [-0.2, -0.15) is 0 Å². The fraction of sp³-hybridized carbons (Fsp3) is 0.125. The summed E-state index contributed by atoms with van der Waals surface area (Å²) in [5, 5.41) is 5.47. The second-order valence-electron chi connectivity index (χ2n) is 4.74. The number of hydrogen-bond donors (Lipinski definition) is 2. The van der Waals surface area contributed by atoms with Crippen LogP contribution in [0.25, 0.3) is 10.8 Å². The molecule has 0 radical (unpaired) electrons. The molecule has 2 heterocycles. The summed E-state index contributed by atoms with van der Waals surface area (Å²) in [6, 6.07) is 11.9. The average Bonchev–Trinajstić information content (AvgIpc) is 2.51. The van der Waals surface area contributed by atoms with Crippen molar-refractivity contribution in [3.8, 4) is 0 Å². The minimum atomic E-state index is 0.0952. The van der Waals surface area contributed by atoms with E-state index in [4.69, 9.17) is 5.73 Å². The van der Waals surface area contributed by atoms with E-state index in [0.29, 0.717) is 0 Å². The maximum atomic E-state index is 6.23. The third-order valence-electron chi connectivity index (χ3n) is 3.37. The van der Waals surface area contributed by atoms with Crippen molar-refractivity contribution in [3.05, 3.63) is 60.7 Å². The first-order valence-electron chi connectivity index (χ1n) is 6.55. The van der Waals surface area contributed by atoms with Crippen molar-refractivity contribution in [1.82, 2.24) is 9.97 Å². The Labute approximate surface area is 117 Å². The van der Waals surface area contributed by atoms with Gasteiger partial charge in [0.05, 0.1) is 23.1 Å². The van der Waals surface area contributed by atoms with Gasteiger partial charge in [-0.05, 0) is 31.2 Å². The van der Waals surface area contributed by atoms with Crippen LogP contribution in [-0.4, -0.2) is 9.97 Å². The van der Waals surface area contributed by atoms with Crippen LogP contribution in [0.4, 0.5) is 11.4 Å². The minimum Gasteiger partial charge on any atom is -0.397 e. The molecule has 4 nitrogen and oxygen atoms in total. The van der Waals surface area contributed by atoms with E-state index in [1.807, 2.05) is 42.6 Å². The highest BCUT2D eigenvalue weighted by atomic mass is 15.0. The number of rotatable bonds is 3. The van der Waals surface area contributed by atoms with Crippen LogP contribution in [0.15, 0.2) is 55.0 Å². The number of fused-ring (bicyclic) bond motifs is 1. The smallest absolute Gasteiger partial charge is 0.0657 e. The van der Waals surface area contributed by atoms with E-state index in [-0.39, 0.29) is 6.04 Å². The predicted octanol–water partition coefficient (Wildman–Crippen LogP) is 3.39. The molecular weight excluding hydrogens is 248 g/mol. The fourth-order valence-electron chi connectivity index (χ4n) is 2.26. The summed E-state index contributed by atoms with van der Waals surface area (Å²) in [5.41, 5.74) is 8.88. The summed E-state index contributed by atoms with van der Waals surface area (Å²) >= 11 is 0. The Morgan fingerprint density at radius 2 is 2.00 bits per heavy atom. The molecule has 3 N–H and O–H groups in total. The molecule has 1 aromatic carbocycles. The van der Waals surface area contributed by atoms with Crippen molar-refractivity contribution in [2.45, 2.75) is 13.0 Å². The van der Waals surface area contributed by atoms with Crippen molar-refractivity contribution in [1.29, 1.82) is 0 Å². The van der Waals surface area contributed by atoms with E-state index in [1.165, 1.54) is 0 Å². The number of aromatic nitrogens is 2. The number of benzene rings is 1. The van der Waals surface area contributed by atoms with Crippen LogP contribution in [0.3, 0.4) is 0 Å². The zero-order valence-electron chi connectivity index (χ0n) is 11.2. The molecule has 1 unspecified atom stereocenters. The summed E-state index contributed by atoms with van der Waals surface area (Å²) in [6.45, 7) is 2.07. The summed E-state index contributed by atoms with van der Waals surface area (Å²) in [6.07, 6.45) is 5.37. The summed E-state index contributed by atoms with van der Waals surface area (Å²) in [5.74, 6) is 0. The largest absolute Gasteiger partial charge is 0.397 e. The zero-order chi connectivity index (χ0) is 13.9. The number of nitrogens with one attached hydrogen (secondary N) is 1. The second kappa shape index (κ2) is 5.17. The molecule has 2 aromatic heterocycles. The van der Waals surface area contributed by atoms with Crippen molar-refractivity contribution >= 4 is 22.1 Å². The molecule has 0 aliphatic rings. The van der Waals surface area contributed by atoms with Gasteiger partial charge >= 0.3 is 0 Å². The maximum Gasteiger partial charge on any atom is 0.0657 e. The van der Waals surface area contributed by atoms with Crippen molar-refractivity contribution < 1.29 is 0 Å². The third-order valence-corrected chi connectivity index (χ3v) is 3.37. The van der Waals surface area contributed by atoms with Gasteiger partial charge < -0.3 is 11.1 Å². The summed E-state index contributed by atoms with van der Waals surface area (Å²) in [7, 11) is 0. The average molecular weight is 264 g/mol. The lowest BCUT2D eigenvalue weighted by atomic mass is 10.1. The van der Waals surface area contributed by atoms with E-state index in [2.05, 4.69) is 22.2 Å². The molecule has 0 amide bonds. The van der Waals surface area contributed by atoms with Gasteiger partial charge in [0.1, 0.15) is 0 Å². The van der Waals surface area contributed by atoms with Crippen molar-refractivity contribution in [2.75, 3.05) is 11.1 Å². The van der Waals surface area contributed by atoms with Crippen molar-refractivity contribution in [2.24, 2.45) is 0 Å². The standard InChI is InChI=1S/C16H16N4/c1-11(14-4-2-3-8-19-14)20-15-6-5-12-10-18-9-7-13(12)16(15)17/h2-11,20H,17H2,1H3. The van der Waals surface area contributed by atoms with Crippen LogP contribution in [-0.2, 0) is 0 Å². The molecule has 100 valence electrons. The summed E-state index contributed by atoms with van der Waals surface area (Å²) < 4.78 is 0. The first-order valence-corrected chi connectivity index (χ1v) is 6.55. The Hall–Kier alpha value is -2.62. The molecule has 20 heavy (non-hydrogen) atoms. The van der Waals surface area contributed by atoms with Gasteiger partial charge in [0.25, 0.3) is 0 Å². The molecule has 0 aliphatic heterocycles. The molecule has 0 saturated carbocycles. The molecule has 4 heteroatoms. The number of hydrogen-bond acceptors (Lipinski definition) is 4. The Bertz CT molecular complexity index is 725. The third kappa shape index (κ3) is 2.28. The van der Waals surface area contributed by atoms with Gasteiger partial charge in [0.2, 0.25) is 0 Å². The number of anilines is 2. The molecule has 0 bridgehead atoms. The molecule has 3 aromatic rings. The Balaban J connectivity index is 1.93. The van der Waals surface area contributed by atoms with Crippen LogP contribution in [0.2, 0.25) is 0 Å². The van der Waals surface area contributed by atoms with Crippen LogP contribution < -0.4 is 11.1 Å². The quantitative estimate of drug-likeness (QED) is 0.712. The highest BCUT2D eigenvalue weighted by Gasteiger charge is 2.09. The number of pyridine rings is 2. The molecular formula is C16H16N4. The molecule has 0 fully saturated rings.